The third kappa shape index (κ3) is 7.41. The molecule has 2 heterocycles. The number of anilines is 2. The molecule has 0 saturated heterocycles. The van der Waals surface area contributed by atoms with E-state index in [0.717, 1.165) is 11.3 Å². The minimum Gasteiger partial charge on any atom is -0.453 e. The third-order valence-corrected chi connectivity index (χ3v) is 6.23. The number of allylic oxidation sites excluding steroid dienone is 1. The average Bonchev–Trinajstić information content (AvgIpc) is 3.46. The molecule has 14 heteroatoms. The number of methoxy groups -OCH3 is 1. The van der Waals surface area contributed by atoms with Gasteiger partial charge in [0.15, 0.2) is 0 Å². The van der Waals surface area contributed by atoms with Gasteiger partial charge in [0.05, 0.1) is 24.0 Å². The van der Waals surface area contributed by atoms with Crippen LogP contribution in [0.1, 0.15) is 35.2 Å². The van der Waals surface area contributed by atoms with Gasteiger partial charge >= 0.3 is 6.09 Å². The molecule has 0 spiro atoms. The highest BCUT2D eigenvalue weighted by atomic mass is 35.5. The van der Waals surface area contributed by atoms with Gasteiger partial charge in [-0.05, 0) is 71.7 Å². The molecule has 13 nitrogen and oxygen atoms in total. The molecule has 0 saturated carbocycles. The number of benzene rings is 2. The van der Waals surface area contributed by atoms with E-state index in [1.165, 1.54) is 36.3 Å². The zero-order chi connectivity index (χ0) is 28.5. The molecule has 0 aliphatic carbocycles. The van der Waals surface area contributed by atoms with Crippen LogP contribution >= 0.6 is 11.6 Å². The van der Waals surface area contributed by atoms with Crippen molar-refractivity contribution in [2.24, 2.45) is 0 Å². The molecule has 1 atom stereocenters. The number of amides is 4. The molecule has 1 unspecified atom stereocenters. The first kappa shape index (κ1) is 28.2. The van der Waals surface area contributed by atoms with Crippen LogP contribution < -0.4 is 21.3 Å². The van der Waals surface area contributed by atoms with Crippen LogP contribution in [0, 0.1) is 0 Å². The number of halogens is 1. The number of carbonyl (C=O) groups is 4. The predicted molar refractivity (Wildman–Crippen MR) is 146 cm³/mol. The second kappa shape index (κ2) is 13.3. The van der Waals surface area contributed by atoms with E-state index in [0.29, 0.717) is 23.6 Å². The second-order valence-corrected chi connectivity index (χ2v) is 9.20. The largest absolute Gasteiger partial charge is 0.453 e. The summed E-state index contributed by atoms with van der Waals surface area (Å²) in [5.74, 6) is -1.24. The Kier molecular flexibility index (Phi) is 9.41. The van der Waals surface area contributed by atoms with Gasteiger partial charge in [-0.3, -0.25) is 19.7 Å². The second-order valence-electron chi connectivity index (χ2n) is 8.77. The van der Waals surface area contributed by atoms with E-state index < -0.39 is 18.0 Å². The quantitative estimate of drug-likeness (QED) is 0.330. The number of aromatic nitrogens is 4. The molecule has 0 radical (unpaired) electrons. The number of carbonyl (C=O) groups excluding carboxylic acids is 4. The van der Waals surface area contributed by atoms with Gasteiger partial charge in [0, 0.05) is 23.7 Å². The summed E-state index contributed by atoms with van der Waals surface area (Å²) in [6.07, 6.45) is 5.59. The number of tetrazole rings is 1. The number of nitrogens with one attached hydrogen (secondary N) is 4. The fourth-order valence-electron chi connectivity index (χ4n) is 4.03. The Balaban J connectivity index is 1.48. The summed E-state index contributed by atoms with van der Waals surface area (Å²) < 4.78 is 6.11. The summed E-state index contributed by atoms with van der Waals surface area (Å²) in [5, 5.41) is 22.6. The first-order chi connectivity index (χ1) is 19.3. The van der Waals surface area contributed by atoms with Crippen molar-refractivity contribution < 1.29 is 23.9 Å². The van der Waals surface area contributed by atoms with Crippen molar-refractivity contribution in [2.45, 2.75) is 31.7 Å². The van der Waals surface area contributed by atoms with E-state index in [-0.39, 0.29) is 42.5 Å². The molecule has 208 valence electrons. The monoisotopic (exact) mass is 566 g/mol. The molecule has 0 bridgehead atoms. The third-order valence-electron chi connectivity index (χ3n) is 6.00. The highest BCUT2D eigenvalue weighted by Gasteiger charge is 2.23. The number of fused-ring (bicyclic) bond motifs is 1. The van der Waals surface area contributed by atoms with Crippen LogP contribution in [0.5, 0.6) is 0 Å². The van der Waals surface area contributed by atoms with Crippen molar-refractivity contribution >= 4 is 46.8 Å². The number of ether oxygens (including phenoxy) is 1. The first-order valence-corrected chi connectivity index (χ1v) is 12.8. The van der Waals surface area contributed by atoms with Crippen molar-refractivity contribution in [3.8, 4) is 5.69 Å². The van der Waals surface area contributed by atoms with Crippen LogP contribution in [0.15, 0.2) is 54.9 Å². The number of hydrogen-bond acceptors (Lipinski definition) is 8. The molecule has 4 rings (SSSR count). The number of rotatable bonds is 6. The van der Waals surface area contributed by atoms with Gasteiger partial charge in [0.2, 0.25) is 11.8 Å². The fraction of sp³-hybridized carbons (Fsp3) is 0.269. The minimum atomic E-state index is -0.877. The normalized spacial score (nSPS) is 16.3. The molecule has 2 aromatic carbocycles. The predicted octanol–water partition coefficient (Wildman–Crippen LogP) is 2.63. The van der Waals surface area contributed by atoms with Crippen LogP contribution in [-0.2, 0) is 20.7 Å². The van der Waals surface area contributed by atoms with Crippen molar-refractivity contribution in [1.29, 1.82) is 0 Å². The van der Waals surface area contributed by atoms with Crippen LogP contribution in [0.25, 0.3) is 5.69 Å². The van der Waals surface area contributed by atoms with Crippen LogP contribution in [-0.4, -0.2) is 63.7 Å². The molecular formula is C26H27ClN8O5. The highest BCUT2D eigenvalue weighted by molar-refractivity contribution is 6.30. The number of hydrogen-bond donors (Lipinski definition) is 4. The topological polar surface area (TPSA) is 169 Å². The van der Waals surface area contributed by atoms with Crippen LogP contribution in [0.2, 0.25) is 5.02 Å². The van der Waals surface area contributed by atoms with Gasteiger partial charge in [0.25, 0.3) is 5.91 Å². The van der Waals surface area contributed by atoms with Gasteiger partial charge in [-0.25, -0.2) is 9.48 Å². The Bertz CT molecular complexity index is 1430. The maximum absolute atomic E-state index is 13.2. The molecule has 3 aromatic rings. The summed E-state index contributed by atoms with van der Waals surface area (Å²) in [5.41, 5.74) is 2.20. The Labute approximate surface area is 234 Å². The lowest BCUT2D eigenvalue weighted by Crippen LogP contribution is -2.47. The van der Waals surface area contributed by atoms with E-state index in [9.17, 15) is 19.2 Å². The van der Waals surface area contributed by atoms with E-state index in [1.807, 2.05) is 0 Å². The lowest BCUT2D eigenvalue weighted by Gasteiger charge is -2.20. The van der Waals surface area contributed by atoms with Crippen molar-refractivity contribution in [3.63, 3.8) is 0 Å². The van der Waals surface area contributed by atoms with E-state index >= 15 is 0 Å². The number of nitrogens with zero attached hydrogens (tertiary/aromatic N) is 4. The summed E-state index contributed by atoms with van der Waals surface area (Å²) >= 11 is 6.18. The minimum absolute atomic E-state index is 0.135. The summed E-state index contributed by atoms with van der Waals surface area (Å²) in [7, 11) is 1.22. The Morgan fingerprint density at radius 1 is 1.18 bits per heavy atom. The Hall–Kier alpha value is -4.78. The summed E-state index contributed by atoms with van der Waals surface area (Å²) in [6.45, 7) is 0.263. The fourth-order valence-corrected chi connectivity index (χ4v) is 4.22. The van der Waals surface area contributed by atoms with Crippen molar-refractivity contribution in [2.75, 3.05) is 24.3 Å². The van der Waals surface area contributed by atoms with Gasteiger partial charge in [-0.15, -0.1) is 5.10 Å². The molecule has 1 aliphatic rings. The maximum atomic E-state index is 13.2. The zero-order valence-corrected chi connectivity index (χ0v) is 22.3. The SMILES string of the molecule is COC(=O)Nc1ccc2c(c1)NC(=O)CC/C=C/CC(C(=O)NCCc1cc(Cl)ccc1-n1cnnn1)NC2=O. The van der Waals surface area contributed by atoms with Crippen LogP contribution in [0.4, 0.5) is 16.2 Å². The molecule has 1 aromatic heterocycles. The van der Waals surface area contributed by atoms with Gasteiger partial charge in [-0.1, -0.05) is 23.8 Å². The van der Waals surface area contributed by atoms with Crippen molar-refractivity contribution in [1.82, 2.24) is 30.8 Å². The lowest BCUT2D eigenvalue weighted by atomic mass is 10.1. The average molecular weight is 567 g/mol. The Morgan fingerprint density at radius 3 is 2.80 bits per heavy atom. The summed E-state index contributed by atoms with van der Waals surface area (Å²) in [6, 6.07) is 8.81. The van der Waals surface area contributed by atoms with Gasteiger partial charge in [0.1, 0.15) is 12.4 Å². The maximum Gasteiger partial charge on any atom is 0.411 e. The Morgan fingerprint density at radius 2 is 2.02 bits per heavy atom. The van der Waals surface area contributed by atoms with Crippen molar-refractivity contribution in [3.05, 3.63) is 71.0 Å². The molecule has 1 aliphatic heterocycles. The van der Waals surface area contributed by atoms with E-state index in [1.54, 1.807) is 30.4 Å². The molecule has 4 N–H and O–H groups in total. The zero-order valence-electron chi connectivity index (χ0n) is 21.5. The molecule has 4 amide bonds. The standard InChI is InChI=1S/C26H27ClN8O5/c1-40-26(39)30-18-8-9-19-21(14-18)31-23(36)6-4-2-3-5-20(32-24(19)37)25(38)28-12-11-16-13-17(27)7-10-22(16)35-15-29-33-34-35/h2-3,7-10,13-15,20H,4-6,11-12H2,1H3,(H,28,38)(H,30,39)(H,31,36)(H,32,37)/b3-2+. The van der Waals surface area contributed by atoms with Gasteiger partial charge < -0.3 is 20.7 Å². The van der Waals surface area contributed by atoms with Gasteiger partial charge in [-0.2, -0.15) is 0 Å². The molecule has 40 heavy (non-hydrogen) atoms. The highest BCUT2D eigenvalue weighted by Crippen LogP contribution is 2.23. The van der Waals surface area contributed by atoms with E-state index in [4.69, 9.17) is 11.6 Å². The molecule has 0 fully saturated rings. The van der Waals surface area contributed by atoms with E-state index in [2.05, 4.69) is 41.5 Å². The van der Waals surface area contributed by atoms with Crippen LogP contribution in [0.3, 0.4) is 0 Å². The first-order valence-electron chi connectivity index (χ1n) is 12.4. The smallest absolute Gasteiger partial charge is 0.411 e. The molecular weight excluding hydrogens is 540 g/mol. The lowest BCUT2D eigenvalue weighted by molar-refractivity contribution is -0.123. The summed E-state index contributed by atoms with van der Waals surface area (Å²) in [4.78, 5) is 50.4.